The van der Waals surface area contributed by atoms with Crippen LogP contribution in [0.3, 0.4) is 0 Å². The Bertz CT molecular complexity index is 1200. The van der Waals surface area contributed by atoms with Gasteiger partial charge >= 0.3 is 6.09 Å². The first-order chi connectivity index (χ1) is 16.8. The fourth-order valence-electron chi connectivity index (χ4n) is 5.63. The number of nitrogens with zero attached hydrogens (tertiary/aromatic N) is 2. The van der Waals surface area contributed by atoms with E-state index in [0.717, 1.165) is 29.7 Å². The highest BCUT2D eigenvalue weighted by atomic mass is 16.7. The Morgan fingerprint density at radius 1 is 1.03 bits per heavy atom. The molecule has 0 aromatic heterocycles. The fourth-order valence-corrected chi connectivity index (χ4v) is 5.63. The number of fused-ring (bicyclic) bond motifs is 5. The van der Waals surface area contributed by atoms with Crippen molar-refractivity contribution in [2.45, 2.75) is 44.6 Å². The van der Waals surface area contributed by atoms with E-state index in [0.29, 0.717) is 42.8 Å². The van der Waals surface area contributed by atoms with Gasteiger partial charge in [-0.15, -0.1) is 0 Å². The van der Waals surface area contributed by atoms with Crippen LogP contribution in [0, 0.1) is 5.92 Å². The maximum absolute atomic E-state index is 14.1. The van der Waals surface area contributed by atoms with E-state index in [1.807, 2.05) is 62.1 Å². The van der Waals surface area contributed by atoms with Crippen LogP contribution < -0.4 is 19.1 Å². The third-order valence-electron chi connectivity index (χ3n) is 7.35. The number of para-hydroxylation sites is 1. The van der Waals surface area contributed by atoms with Crippen molar-refractivity contribution in [3.05, 3.63) is 47.5 Å². The molecule has 1 fully saturated rings. The first-order valence-corrected chi connectivity index (χ1v) is 12.2. The Kier molecular flexibility index (Phi) is 4.92. The fraction of sp³-hybridized carbons (Fsp3) is 0.481. The average Bonchev–Trinajstić information content (AvgIpc) is 3.50. The molecule has 8 heteroatoms. The third-order valence-corrected chi connectivity index (χ3v) is 7.35. The summed E-state index contributed by atoms with van der Waals surface area (Å²) in [6.07, 6.45) is 1.38. The SMILES string of the molecule is CC(C)(C)OC(=O)N1CCC(CN2C(=O)C3(COc4cc5c(cc43)OCO5)c3ccccc32)CC1. The predicted molar refractivity (Wildman–Crippen MR) is 128 cm³/mol. The molecule has 4 aliphatic rings. The zero-order chi connectivity index (χ0) is 24.4. The van der Waals surface area contributed by atoms with Crippen LogP contribution in [-0.2, 0) is 14.9 Å². The van der Waals surface area contributed by atoms with Crippen molar-refractivity contribution < 1.29 is 28.5 Å². The molecule has 8 nitrogen and oxygen atoms in total. The molecule has 0 bridgehead atoms. The smallest absolute Gasteiger partial charge is 0.410 e. The van der Waals surface area contributed by atoms with Gasteiger partial charge in [-0.1, -0.05) is 18.2 Å². The Morgan fingerprint density at radius 2 is 1.74 bits per heavy atom. The number of rotatable bonds is 2. The molecule has 1 unspecified atom stereocenters. The molecule has 0 radical (unpaired) electrons. The first-order valence-electron chi connectivity index (χ1n) is 12.2. The van der Waals surface area contributed by atoms with Gasteiger partial charge in [0.25, 0.3) is 0 Å². The van der Waals surface area contributed by atoms with Crippen molar-refractivity contribution >= 4 is 17.7 Å². The number of likely N-dealkylation sites (tertiary alicyclic amines) is 1. The summed E-state index contributed by atoms with van der Waals surface area (Å²) in [6, 6.07) is 11.7. The number of benzene rings is 2. The number of anilines is 1. The van der Waals surface area contributed by atoms with E-state index in [1.165, 1.54) is 0 Å². The summed E-state index contributed by atoms with van der Waals surface area (Å²) in [5.41, 5.74) is 1.34. The van der Waals surface area contributed by atoms with Gasteiger partial charge in [-0.05, 0) is 57.2 Å². The molecular formula is C27H30N2O6. The molecule has 35 heavy (non-hydrogen) atoms. The van der Waals surface area contributed by atoms with E-state index in [4.69, 9.17) is 18.9 Å². The van der Waals surface area contributed by atoms with E-state index in [9.17, 15) is 9.59 Å². The van der Waals surface area contributed by atoms with E-state index < -0.39 is 11.0 Å². The zero-order valence-electron chi connectivity index (χ0n) is 20.3. The van der Waals surface area contributed by atoms with Crippen LogP contribution >= 0.6 is 0 Å². The molecule has 0 N–H and O–H groups in total. The maximum atomic E-state index is 14.1. The highest BCUT2D eigenvalue weighted by Crippen LogP contribution is 2.55. The summed E-state index contributed by atoms with van der Waals surface area (Å²) in [4.78, 5) is 30.3. The van der Waals surface area contributed by atoms with Crippen molar-refractivity contribution in [2.24, 2.45) is 5.92 Å². The molecule has 2 aromatic carbocycles. The Hall–Kier alpha value is -3.42. The standard InChI is InChI=1S/C27H30N2O6/c1-26(2,3)35-25(31)28-10-8-17(9-11-28)14-29-20-7-5-4-6-18(20)27(24(29)30)15-32-21-13-23-22(12-19(21)27)33-16-34-23/h4-7,12-13,17H,8-11,14-16H2,1-3H3. The minimum Gasteiger partial charge on any atom is -0.491 e. The Labute approximate surface area is 204 Å². The number of carbonyl (C=O) groups is 2. The van der Waals surface area contributed by atoms with Crippen LogP contribution in [0.5, 0.6) is 17.2 Å². The largest absolute Gasteiger partial charge is 0.491 e. The van der Waals surface area contributed by atoms with Crippen LogP contribution in [0.25, 0.3) is 0 Å². The minimum atomic E-state index is -0.885. The first kappa shape index (κ1) is 22.1. The van der Waals surface area contributed by atoms with Crippen molar-refractivity contribution in [1.82, 2.24) is 4.90 Å². The lowest BCUT2D eigenvalue weighted by molar-refractivity contribution is -0.122. The lowest BCUT2D eigenvalue weighted by Crippen LogP contribution is -2.47. The van der Waals surface area contributed by atoms with Crippen LogP contribution in [0.2, 0.25) is 0 Å². The lowest BCUT2D eigenvalue weighted by atomic mass is 9.77. The number of hydrogen-bond acceptors (Lipinski definition) is 6. The van der Waals surface area contributed by atoms with Crippen LogP contribution in [0.4, 0.5) is 10.5 Å². The van der Waals surface area contributed by atoms with Crippen LogP contribution in [-0.4, -0.2) is 55.5 Å². The van der Waals surface area contributed by atoms with Gasteiger partial charge in [0.15, 0.2) is 11.5 Å². The summed E-state index contributed by atoms with van der Waals surface area (Å²) in [6.45, 7) is 7.93. The molecular weight excluding hydrogens is 448 g/mol. The van der Waals surface area contributed by atoms with E-state index in [-0.39, 0.29) is 25.4 Å². The highest BCUT2D eigenvalue weighted by molar-refractivity contribution is 6.11. The van der Waals surface area contributed by atoms with Gasteiger partial charge in [-0.25, -0.2) is 4.79 Å². The molecule has 4 aliphatic heterocycles. The van der Waals surface area contributed by atoms with E-state index in [1.54, 1.807) is 4.90 Å². The van der Waals surface area contributed by atoms with Gasteiger partial charge in [0.1, 0.15) is 23.4 Å². The molecule has 2 amide bonds. The maximum Gasteiger partial charge on any atom is 0.410 e. The molecule has 184 valence electrons. The minimum absolute atomic E-state index is 0.0332. The van der Waals surface area contributed by atoms with Gasteiger partial charge in [-0.2, -0.15) is 0 Å². The number of hydrogen-bond donors (Lipinski definition) is 0. The van der Waals surface area contributed by atoms with E-state index >= 15 is 0 Å². The molecule has 4 heterocycles. The zero-order valence-corrected chi connectivity index (χ0v) is 20.3. The van der Waals surface area contributed by atoms with Gasteiger partial charge in [0.05, 0.1) is 0 Å². The third kappa shape index (κ3) is 3.49. The van der Waals surface area contributed by atoms with Crippen LogP contribution in [0.1, 0.15) is 44.7 Å². The summed E-state index contributed by atoms with van der Waals surface area (Å²) in [7, 11) is 0. The average molecular weight is 479 g/mol. The molecule has 2 aromatic rings. The molecule has 1 spiro atoms. The second-order valence-corrected chi connectivity index (χ2v) is 10.7. The summed E-state index contributed by atoms with van der Waals surface area (Å²) in [5.74, 6) is 2.29. The number of ether oxygens (including phenoxy) is 4. The number of piperidine rings is 1. The molecule has 0 aliphatic carbocycles. The van der Waals surface area contributed by atoms with Crippen molar-refractivity contribution in [3.8, 4) is 17.2 Å². The molecule has 0 saturated carbocycles. The summed E-state index contributed by atoms with van der Waals surface area (Å²) < 4.78 is 22.7. The second kappa shape index (κ2) is 7.80. The number of amides is 2. The van der Waals surface area contributed by atoms with Crippen molar-refractivity contribution in [1.29, 1.82) is 0 Å². The second-order valence-electron chi connectivity index (χ2n) is 10.7. The van der Waals surface area contributed by atoms with Gasteiger partial charge in [0, 0.05) is 37.0 Å². The Morgan fingerprint density at radius 3 is 2.49 bits per heavy atom. The highest BCUT2D eigenvalue weighted by Gasteiger charge is 2.57. The normalized spacial score (nSPS) is 22.9. The van der Waals surface area contributed by atoms with Gasteiger partial charge in [-0.3, -0.25) is 4.79 Å². The quantitative estimate of drug-likeness (QED) is 0.647. The lowest BCUT2D eigenvalue weighted by Gasteiger charge is -2.35. The van der Waals surface area contributed by atoms with Gasteiger partial charge in [0.2, 0.25) is 12.7 Å². The topological polar surface area (TPSA) is 77.5 Å². The van der Waals surface area contributed by atoms with E-state index in [2.05, 4.69) is 0 Å². The van der Waals surface area contributed by atoms with Gasteiger partial charge < -0.3 is 28.7 Å². The molecule has 1 atom stereocenters. The predicted octanol–water partition coefficient (Wildman–Crippen LogP) is 4.09. The van der Waals surface area contributed by atoms with Crippen LogP contribution in [0.15, 0.2) is 36.4 Å². The molecule has 6 rings (SSSR count). The Balaban J connectivity index is 1.24. The number of carbonyl (C=O) groups excluding carboxylic acids is 2. The molecule has 1 saturated heterocycles. The monoisotopic (exact) mass is 478 g/mol. The summed E-state index contributed by atoms with van der Waals surface area (Å²) >= 11 is 0. The van der Waals surface area contributed by atoms with Crippen molar-refractivity contribution in [2.75, 3.05) is 37.9 Å². The summed E-state index contributed by atoms with van der Waals surface area (Å²) in [5, 5.41) is 0. The van der Waals surface area contributed by atoms with Crippen molar-refractivity contribution in [3.63, 3.8) is 0 Å².